The van der Waals surface area contributed by atoms with Crippen LogP contribution in [0.4, 0.5) is 10.5 Å². The lowest BCUT2D eigenvalue weighted by molar-refractivity contribution is -0.137. The van der Waals surface area contributed by atoms with Gasteiger partial charge in [0.2, 0.25) is 0 Å². The third-order valence-electron chi connectivity index (χ3n) is 3.05. The number of rotatable bonds is 3. The molecule has 1 aliphatic heterocycles. The molecule has 5 nitrogen and oxygen atoms in total. The molecule has 0 radical (unpaired) electrons. The number of nitrogens with one attached hydrogen (secondary N) is 1. The predicted molar refractivity (Wildman–Crippen MR) is 67.8 cm³/mol. The van der Waals surface area contributed by atoms with Crippen LogP contribution in [0.5, 0.6) is 0 Å². The predicted octanol–water partition coefficient (Wildman–Crippen LogP) is 1.68. The number of hydrogen-bond donors (Lipinski definition) is 2. The molecule has 18 heavy (non-hydrogen) atoms. The number of carboxylic acid groups (broad SMARTS) is 1. The van der Waals surface area contributed by atoms with Gasteiger partial charge in [-0.1, -0.05) is 12.1 Å². The fraction of sp³-hybridized carbons (Fsp3) is 0.385. The van der Waals surface area contributed by atoms with Crippen LogP contribution < -0.4 is 10.2 Å². The summed E-state index contributed by atoms with van der Waals surface area (Å²) in [5.41, 5.74) is 2.93. The molecule has 96 valence electrons. The van der Waals surface area contributed by atoms with Gasteiger partial charge < -0.3 is 10.4 Å². The smallest absolute Gasteiger partial charge is 0.322 e. The highest BCUT2D eigenvalue weighted by molar-refractivity contribution is 5.95. The highest BCUT2D eigenvalue weighted by Crippen LogP contribution is 2.24. The normalized spacial score (nSPS) is 18.9. The average molecular weight is 248 g/mol. The Labute approximate surface area is 105 Å². The van der Waals surface area contributed by atoms with Gasteiger partial charge in [0.25, 0.3) is 0 Å². The second kappa shape index (κ2) is 4.68. The van der Waals surface area contributed by atoms with E-state index in [9.17, 15) is 9.59 Å². The van der Waals surface area contributed by atoms with Crippen molar-refractivity contribution in [3.63, 3.8) is 0 Å². The highest BCUT2D eigenvalue weighted by atomic mass is 16.4. The molecule has 1 heterocycles. The van der Waals surface area contributed by atoms with Crippen molar-refractivity contribution in [2.45, 2.75) is 26.3 Å². The maximum absolute atomic E-state index is 11.9. The summed E-state index contributed by atoms with van der Waals surface area (Å²) in [5, 5.41) is 11.4. The summed E-state index contributed by atoms with van der Waals surface area (Å²) in [5.74, 6) is -0.900. The van der Waals surface area contributed by atoms with Gasteiger partial charge >= 0.3 is 12.0 Å². The minimum Gasteiger partial charge on any atom is -0.481 e. The van der Waals surface area contributed by atoms with Crippen molar-refractivity contribution >= 4 is 17.7 Å². The number of carboxylic acids is 1. The average Bonchev–Trinajstić information content (AvgIpc) is 2.62. The largest absolute Gasteiger partial charge is 0.481 e. The van der Waals surface area contributed by atoms with E-state index in [-0.39, 0.29) is 18.5 Å². The maximum atomic E-state index is 11.9. The number of aliphatic carboxylic acids is 1. The van der Waals surface area contributed by atoms with Gasteiger partial charge in [0.1, 0.15) is 0 Å². The topological polar surface area (TPSA) is 69.6 Å². The van der Waals surface area contributed by atoms with Crippen molar-refractivity contribution in [3.8, 4) is 0 Å². The molecule has 2 amide bonds. The van der Waals surface area contributed by atoms with Crippen LogP contribution in [-0.4, -0.2) is 29.7 Å². The Kier molecular flexibility index (Phi) is 3.23. The number of anilines is 1. The van der Waals surface area contributed by atoms with E-state index in [2.05, 4.69) is 5.32 Å². The Hall–Kier alpha value is -2.04. The molecule has 0 aromatic heterocycles. The molecule has 0 bridgehead atoms. The molecular formula is C13H16N2O3. The van der Waals surface area contributed by atoms with Crippen LogP contribution in [0.15, 0.2) is 18.2 Å². The molecule has 0 spiro atoms. The first-order valence-electron chi connectivity index (χ1n) is 5.84. The molecule has 1 aromatic carbocycles. The second-order valence-corrected chi connectivity index (χ2v) is 4.64. The summed E-state index contributed by atoms with van der Waals surface area (Å²) in [6.07, 6.45) is -0.0485. The lowest BCUT2D eigenvalue weighted by Crippen LogP contribution is -2.29. The molecule has 0 aliphatic carbocycles. The lowest BCUT2D eigenvalue weighted by atomic mass is 10.1. The van der Waals surface area contributed by atoms with Crippen LogP contribution in [0.1, 0.15) is 17.5 Å². The Bertz CT molecular complexity index is 499. The van der Waals surface area contributed by atoms with E-state index in [1.165, 1.54) is 0 Å². The summed E-state index contributed by atoms with van der Waals surface area (Å²) in [4.78, 5) is 24.1. The standard InChI is InChI=1S/C13H16N2O3/c1-8-3-4-9(2)11(5-8)15-7-10(6-12(16)17)14-13(15)18/h3-5,10H,6-7H2,1-2H3,(H,14,18)(H,16,17). The zero-order chi connectivity index (χ0) is 13.3. The molecular weight excluding hydrogens is 232 g/mol. The van der Waals surface area contributed by atoms with Crippen LogP contribution in [0, 0.1) is 13.8 Å². The van der Waals surface area contributed by atoms with E-state index in [0.717, 1.165) is 16.8 Å². The number of nitrogens with zero attached hydrogens (tertiary/aromatic N) is 1. The Morgan fingerprint density at radius 2 is 2.22 bits per heavy atom. The SMILES string of the molecule is Cc1ccc(C)c(N2CC(CC(=O)O)NC2=O)c1. The first-order valence-corrected chi connectivity index (χ1v) is 5.84. The number of carbonyl (C=O) groups excluding carboxylic acids is 1. The number of hydrogen-bond acceptors (Lipinski definition) is 2. The van der Waals surface area contributed by atoms with Crippen LogP contribution in [0.2, 0.25) is 0 Å². The second-order valence-electron chi connectivity index (χ2n) is 4.64. The Balaban J connectivity index is 2.21. The summed E-state index contributed by atoms with van der Waals surface area (Å²) in [6, 6.07) is 5.34. The zero-order valence-corrected chi connectivity index (χ0v) is 10.4. The molecule has 1 saturated heterocycles. The van der Waals surface area contributed by atoms with E-state index in [1.54, 1.807) is 4.90 Å². The quantitative estimate of drug-likeness (QED) is 0.855. The third-order valence-corrected chi connectivity index (χ3v) is 3.05. The fourth-order valence-corrected chi connectivity index (χ4v) is 2.15. The number of benzene rings is 1. The van der Waals surface area contributed by atoms with Crippen LogP contribution in [0.25, 0.3) is 0 Å². The summed E-state index contributed by atoms with van der Waals surface area (Å²) in [7, 11) is 0. The summed E-state index contributed by atoms with van der Waals surface area (Å²) >= 11 is 0. The van der Waals surface area contributed by atoms with E-state index in [0.29, 0.717) is 6.54 Å². The van der Waals surface area contributed by atoms with Gasteiger partial charge in [-0.2, -0.15) is 0 Å². The van der Waals surface area contributed by atoms with Crippen LogP contribution in [0.3, 0.4) is 0 Å². The Morgan fingerprint density at radius 3 is 2.89 bits per heavy atom. The van der Waals surface area contributed by atoms with E-state index in [1.807, 2.05) is 32.0 Å². The van der Waals surface area contributed by atoms with E-state index in [4.69, 9.17) is 5.11 Å². The Morgan fingerprint density at radius 1 is 1.50 bits per heavy atom. The molecule has 2 rings (SSSR count). The zero-order valence-electron chi connectivity index (χ0n) is 10.4. The van der Waals surface area contributed by atoms with Crippen molar-refractivity contribution in [2.75, 3.05) is 11.4 Å². The molecule has 1 atom stereocenters. The molecule has 1 fully saturated rings. The van der Waals surface area contributed by atoms with Gasteiger partial charge in [-0.25, -0.2) is 4.79 Å². The summed E-state index contributed by atoms with van der Waals surface area (Å²) < 4.78 is 0. The van der Waals surface area contributed by atoms with E-state index < -0.39 is 5.97 Å². The van der Waals surface area contributed by atoms with Crippen molar-refractivity contribution in [3.05, 3.63) is 29.3 Å². The first-order chi connectivity index (χ1) is 8.47. The molecule has 0 saturated carbocycles. The summed E-state index contributed by atoms with van der Waals surface area (Å²) in [6.45, 7) is 4.30. The van der Waals surface area contributed by atoms with Crippen molar-refractivity contribution < 1.29 is 14.7 Å². The van der Waals surface area contributed by atoms with Crippen LogP contribution in [-0.2, 0) is 4.79 Å². The third kappa shape index (κ3) is 2.45. The van der Waals surface area contributed by atoms with Gasteiger partial charge in [0, 0.05) is 12.2 Å². The van der Waals surface area contributed by atoms with Gasteiger partial charge in [-0.05, 0) is 31.0 Å². The number of amides is 2. The van der Waals surface area contributed by atoms with Gasteiger partial charge in [-0.3, -0.25) is 9.69 Å². The number of urea groups is 1. The van der Waals surface area contributed by atoms with Gasteiger partial charge in [0.05, 0.1) is 12.5 Å². The molecule has 5 heteroatoms. The number of aryl methyl sites for hydroxylation is 2. The molecule has 1 unspecified atom stereocenters. The van der Waals surface area contributed by atoms with Crippen LogP contribution >= 0.6 is 0 Å². The van der Waals surface area contributed by atoms with E-state index >= 15 is 0 Å². The van der Waals surface area contributed by atoms with Gasteiger partial charge in [0.15, 0.2) is 0 Å². The minimum atomic E-state index is -0.900. The molecule has 2 N–H and O–H groups in total. The fourth-order valence-electron chi connectivity index (χ4n) is 2.15. The van der Waals surface area contributed by atoms with Gasteiger partial charge in [-0.15, -0.1) is 0 Å². The van der Waals surface area contributed by atoms with Crippen molar-refractivity contribution in [2.24, 2.45) is 0 Å². The molecule has 1 aliphatic rings. The highest BCUT2D eigenvalue weighted by Gasteiger charge is 2.31. The lowest BCUT2D eigenvalue weighted by Gasteiger charge is -2.17. The first kappa shape index (κ1) is 12.4. The maximum Gasteiger partial charge on any atom is 0.322 e. The monoisotopic (exact) mass is 248 g/mol. The van der Waals surface area contributed by atoms with Crippen molar-refractivity contribution in [1.29, 1.82) is 0 Å². The van der Waals surface area contributed by atoms with Crippen molar-refractivity contribution in [1.82, 2.24) is 5.32 Å². The molecule has 1 aromatic rings. The number of carbonyl (C=O) groups is 2. The minimum absolute atomic E-state index is 0.0485.